The van der Waals surface area contributed by atoms with Crippen molar-refractivity contribution in [1.82, 2.24) is 15.1 Å². The zero-order valence-corrected chi connectivity index (χ0v) is 17.8. The summed E-state index contributed by atoms with van der Waals surface area (Å²) in [6.45, 7) is 6.73. The molecule has 1 atom stereocenters. The fourth-order valence-electron chi connectivity index (χ4n) is 3.33. The summed E-state index contributed by atoms with van der Waals surface area (Å²) < 4.78 is 10.6. The molecule has 0 radical (unpaired) electrons. The molecule has 2 aromatic carbocycles. The van der Waals surface area contributed by atoms with Gasteiger partial charge in [-0.15, -0.1) is 0 Å². The van der Waals surface area contributed by atoms with E-state index in [1.807, 2.05) is 49.4 Å². The number of anilines is 1. The highest BCUT2D eigenvalue weighted by Gasteiger charge is 2.22. The van der Waals surface area contributed by atoms with Crippen LogP contribution in [0.2, 0.25) is 0 Å². The lowest BCUT2D eigenvalue weighted by Crippen LogP contribution is -2.15. The predicted molar refractivity (Wildman–Crippen MR) is 119 cm³/mol. The number of nitrogens with zero attached hydrogens (tertiary/aromatic N) is 3. The molecule has 0 saturated heterocycles. The monoisotopic (exact) mass is 416 g/mol. The molecular weight excluding hydrogens is 392 g/mol. The predicted octanol–water partition coefficient (Wildman–Crippen LogP) is 4.99. The molecule has 0 amide bonds. The first-order valence-electron chi connectivity index (χ1n) is 10.3. The number of aromatic nitrogens is 3. The van der Waals surface area contributed by atoms with Gasteiger partial charge in [0.1, 0.15) is 16.9 Å². The SMILES string of the molecule is CCOC(=O)c1nc(NC[C@@H](C)c2ccccc2)c2c(-c3ccc(C)cc3)noc2n1. The minimum absolute atomic E-state index is 0.0594. The summed E-state index contributed by atoms with van der Waals surface area (Å²) in [5.41, 5.74) is 4.10. The van der Waals surface area contributed by atoms with Gasteiger partial charge in [-0.25, -0.2) is 9.78 Å². The minimum Gasteiger partial charge on any atom is -0.460 e. The van der Waals surface area contributed by atoms with E-state index in [0.717, 1.165) is 11.1 Å². The molecule has 0 aliphatic rings. The molecule has 0 bridgehead atoms. The maximum atomic E-state index is 12.3. The standard InChI is InChI=1S/C24H24N4O3/c1-4-30-24(29)22-26-21(25-14-16(3)17-8-6-5-7-9-17)19-20(28-31-23(19)27-22)18-12-10-15(2)11-13-18/h5-13,16H,4,14H2,1-3H3,(H,25,26,27)/t16-/m1/s1. The lowest BCUT2D eigenvalue weighted by Gasteiger charge is -2.14. The Bertz CT molecular complexity index is 1190. The van der Waals surface area contributed by atoms with Gasteiger partial charge in [0.15, 0.2) is 0 Å². The number of aryl methyl sites for hydroxylation is 1. The first-order chi connectivity index (χ1) is 15.1. The Hall–Kier alpha value is -3.74. The third kappa shape index (κ3) is 4.40. The molecule has 2 heterocycles. The van der Waals surface area contributed by atoms with Crippen LogP contribution < -0.4 is 5.32 Å². The summed E-state index contributed by atoms with van der Waals surface area (Å²) >= 11 is 0. The van der Waals surface area contributed by atoms with Gasteiger partial charge in [-0.05, 0) is 25.3 Å². The lowest BCUT2D eigenvalue weighted by molar-refractivity contribution is 0.0512. The molecule has 2 aromatic heterocycles. The Morgan fingerprint density at radius 1 is 1.10 bits per heavy atom. The normalized spacial score (nSPS) is 12.0. The number of hydrogen-bond acceptors (Lipinski definition) is 7. The van der Waals surface area contributed by atoms with Crippen molar-refractivity contribution in [3.8, 4) is 11.3 Å². The average molecular weight is 416 g/mol. The van der Waals surface area contributed by atoms with Crippen molar-refractivity contribution in [3.05, 3.63) is 71.5 Å². The van der Waals surface area contributed by atoms with Crippen LogP contribution in [0.15, 0.2) is 59.1 Å². The molecule has 31 heavy (non-hydrogen) atoms. The van der Waals surface area contributed by atoms with E-state index in [2.05, 4.69) is 39.5 Å². The van der Waals surface area contributed by atoms with Gasteiger partial charge in [0, 0.05) is 12.1 Å². The van der Waals surface area contributed by atoms with E-state index in [0.29, 0.717) is 23.4 Å². The molecule has 0 aliphatic heterocycles. The first-order valence-corrected chi connectivity index (χ1v) is 10.3. The van der Waals surface area contributed by atoms with Crippen molar-refractivity contribution in [1.29, 1.82) is 0 Å². The molecule has 0 fully saturated rings. The number of fused-ring (bicyclic) bond motifs is 1. The topological polar surface area (TPSA) is 90.1 Å². The fourth-order valence-corrected chi connectivity index (χ4v) is 3.33. The third-order valence-electron chi connectivity index (χ3n) is 5.06. The van der Waals surface area contributed by atoms with Crippen LogP contribution in [-0.2, 0) is 4.74 Å². The number of rotatable bonds is 7. The Kier molecular flexibility index (Phi) is 5.93. The molecule has 0 spiro atoms. The van der Waals surface area contributed by atoms with Crippen LogP contribution in [-0.4, -0.2) is 34.2 Å². The van der Waals surface area contributed by atoms with Crippen LogP contribution in [0.4, 0.5) is 5.82 Å². The highest BCUT2D eigenvalue weighted by Crippen LogP contribution is 2.32. The summed E-state index contributed by atoms with van der Waals surface area (Å²) in [5.74, 6) is 0.0558. The second kappa shape index (κ2) is 8.95. The number of hydrogen-bond donors (Lipinski definition) is 1. The molecular formula is C24H24N4O3. The lowest BCUT2D eigenvalue weighted by atomic mass is 10.0. The largest absolute Gasteiger partial charge is 0.460 e. The number of ether oxygens (including phenoxy) is 1. The molecule has 0 aliphatic carbocycles. The van der Waals surface area contributed by atoms with Gasteiger partial charge in [-0.2, -0.15) is 4.98 Å². The zero-order valence-electron chi connectivity index (χ0n) is 17.8. The molecule has 0 unspecified atom stereocenters. The molecule has 7 nitrogen and oxygen atoms in total. The van der Waals surface area contributed by atoms with Crippen LogP contribution in [0.25, 0.3) is 22.4 Å². The number of esters is 1. The van der Waals surface area contributed by atoms with Gasteiger partial charge in [0.05, 0.1) is 6.61 Å². The van der Waals surface area contributed by atoms with E-state index in [1.165, 1.54) is 5.56 Å². The molecule has 158 valence electrons. The summed E-state index contributed by atoms with van der Waals surface area (Å²) in [7, 11) is 0. The highest BCUT2D eigenvalue weighted by molar-refractivity contribution is 5.99. The highest BCUT2D eigenvalue weighted by atomic mass is 16.5. The van der Waals surface area contributed by atoms with Crippen molar-refractivity contribution in [2.45, 2.75) is 26.7 Å². The zero-order chi connectivity index (χ0) is 21.8. The van der Waals surface area contributed by atoms with E-state index < -0.39 is 5.97 Å². The number of benzene rings is 2. The quantitative estimate of drug-likeness (QED) is 0.425. The third-order valence-corrected chi connectivity index (χ3v) is 5.06. The molecule has 4 rings (SSSR count). The maximum absolute atomic E-state index is 12.3. The maximum Gasteiger partial charge on any atom is 0.376 e. The summed E-state index contributed by atoms with van der Waals surface area (Å²) in [4.78, 5) is 21.0. The number of carbonyl (C=O) groups excluding carboxylic acids is 1. The van der Waals surface area contributed by atoms with Crippen LogP contribution in [0.3, 0.4) is 0 Å². The van der Waals surface area contributed by atoms with Crippen molar-refractivity contribution in [3.63, 3.8) is 0 Å². The first kappa shape index (κ1) is 20.5. The van der Waals surface area contributed by atoms with Crippen molar-refractivity contribution in [2.24, 2.45) is 0 Å². The van der Waals surface area contributed by atoms with Crippen LogP contribution in [0.5, 0.6) is 0 Å². The second-order valence-corrected chi connectivity index (χ2v) is 7.39. The van der Waals surface area contributed by atoms with E-state index >= 15 is 0 Å². The van der Waals surface area contributed by atoms with Crippen LogP contribution in [0, 0.1) is 6.92 Å². The van der Waals surface area contributed by atoms with Gasteiger partial charge in [0.25, 0.3) is 5.71 Å². The molecule has 4 aromatic rings. The van der Waals surface area contributed by atoms with E-state index in [1.54, 1.807) is 6.92 Å². The van der Waals surface area contributed by atoms with Gasteiger partial charge in [0.2, 0.25) is 5.82 Å². The van der Waals surface area contributed by atoms with E-state index in [4.69, 9.17) is 9.26 Å². The summed E-state index contributed by atoms with van der Waals surface area (Å²) in [6, 6.07) is 18.2. The van der Waals surface area contributed by atoms with E-state index in [-0.39, 0.29) is 24.1 Å². The second-order valence-electron chi connectivity index (χ2n) is 7.39. The summed E-state index contributed by atoms with van der Waals surface area (Å²) in [6.07, 6.45) is 0. The smallest absolute Gasteiger partial charge is 0.376 e. The minimum atomic E-state index is -0.600. The average Bonchev–Trinajstić information content (AvgIpc) is 3.22. The Balaban J connectivity index is 1.74. The van der Waals surface area contributed by atoms with Gasteiger partial charge < -0.3 is 14.6 Å². The number of nitrogens with one attached hydrogen (secondary N) is 1. The molecule has 0 saturated carbocycles. The Morgan fingerprint density at radius 2 is 1.84 bits per heavy atom. The Morgan fingerprint density at radius 3 is 2.55 bits per heavy atom. The molecule has 1 N–H and O–H groups in total. The molecule has 7 heteroatoms. The summed E-state index contributed by atoms with van der Waals surface area (Å²) in [5, 5.41) is 8.23. The van der Waals surface area contributed by atoms with Crippen LogP contribution in [0.1, 0.15) is 41.5 Å². The van der Waals surface area contributed by atoms with Gasteiger partial charge in [-0.3, -0.25) is 0 Å². The van der Waals surface area contributed by atoms with E-state index in [9.17, 15) is 4.79 Å². The van der Waals surface area contributed by atoms with Gasteiger partial charge in [-0.1, -0.05) is 72.2 Å². The van der Waals surface area contributed by atoms with Crippen molar-refractivity contribution < 1.29 is 14.1 Å². The van der Waals surface area contributed by atoms with Crippen molar-refractivity contribution in [2.75, 3.05) is 18.5 Å². The fraction of sp³-hybridized carbons (Fsp3) is 0.250. The number of carbonyl (C=O) groups is 1. The Labute approximate surface area is 180 Å². The van der Waals surface area contributed by atoms with Crippen molar-refractivity contribution >= 4 is 22.9 Å². The van der Waals surface area contributed by atoms with Gasteiger partial charge >= 0.3 is 5.97 Å². The van der Waals surface area contributed by atoms with Crippen LogP contribution >= 0.6 is 0 Å².